The van der Waals surface area contributed by atoms with E-state index in [1.807, 2.05) is 0 Å². The van der Waals surface area contributed by atoms with Crippen LogP contribution in [-0.2, 0) is 0 Å². The van der Waals surface area contributed by atoms with Gasteiger partial charge in [-0.2, -0.15) is 10.2 Å². The van der Waals surface area contributed by atoms with Gasteiger partial charge in [0.1, 0.15) is 28.1 Å². The van der Waals surface area contributed by atoms with Gasteiger partial charge in [0.15, 0.2) is 0 Å². The SMILES string of the molecule is N#Cc1ccc(Oc2cc(Br)nc(C3CC3)n2)cc1F. The average Bonchev–Trinajstić information content (AvgIpc) is 3.22. The van der Waals surface area contributed by atoms with E-state index in [4.69, 9.17) is 10.00 Å². The second kappa shape index (κ2) is 5.17. The molecule has 1 aliphatic carbocycles. The first-order valence-corrected chi connectivity index (χ1v) is 6.87. The van der Waals surface area contributed by atoms with Gasteiger partial charge in [0.2, 0.25) is 5.88 Å². The highest BCUT2D eigenvalue weighted by molar-refractivity contribution is 9.10. The summed E-state index contributed by atoms with van der Waals surface area (Å²) in [6, 6.07) is 7.48. The topological polar surface area (TPSA) is 58.8 Å². The third kappa shape index (κ3) is 2.78. The Kier molecular flexibility index (Phi) is 3.36. The van der Waals surface area contributed by atoms with Crippen molar-refractivity contribution < 1.29 is 9.13 Å². The van der Waals surface area contributed by atoms with E-state index in [-0.39, 0.29) is 5.56 Å². The summed E-state index contributed by atoms with van der Waals surface area (Å²) in [5, 5.41) is 8.68. The maximum absolute atomic E-state index is 13.5. The molecular weight excluding hydrogens is 325 g/mol. The van der Waals surface area contributed by atoms with Crippen LogP contribution in [-0.4, -0.2) is 9.97 Å². The van der Waals surface area contributed by atoms with Gasteiger partial charge in [-0.15, -0.1) is 0 Å². The molecule has 1 heterocycles. The second-order valence-corrected chi connectivity index (χ2v) is 5.33. The van der Waals surface area contributed by atoms with Gasteiger partial charge in [-0.1, -0.05) is 0 Å². The molecule has 0 saturated heterocycles. The zero-order chi connectivity index (χ0) is 14.1. The lowest BCUT2D eigenvalue weighted by molar-refractivity contribution is 0.453. The number of nitriles is 1. The molecule has 0 spiro atoms. The Hall–Kier alpha value is -2.00. The summed E-state index contributed by atoms with van der Waals surface area (Å²) in [4.78, 5) is 8.60. The van der Waals surface area contributed by atoms with Crippen molar-refractivity contribution in [1.29, 1.82) is 5.26 Å². The molecule has 0 radical (unpaired) electrons. The van der Waals surface area contributed by atoms with Gasteiger partial charge in [-0.3, -0.25) is 0 Å². The van der Waals surface area contributed by atoms with E-state index in [2.05, 4.69) is 25.9 Å². The lowest BCUT2D eigenvalue weighted by Crippen LogP contribution is -1.97. The quantitative estimate of drug-likeness (QED) is 0.799. The number of hydrogen-bond acceptors (Lipinski definition) is 4. The Balaban J connectivity index is 1.87. The largest absolute Gasteiger partial charge is 0.439 e. The van der Waals surface area contributed by atoms with Crippen LogP contribution in [0.25, 0.3) is 0 Å². The predicted molar refractivity (Wildman–Crippen MR) is 72.9 cm³/mol. The number of halogens is 2. The lowest BCUT2D eigenvalue weighted by atomic mass is 10.2. The van der Waals surface area contributed by atoms with E-state index in [0.717, 1.165) is 18.7 Å². The van der Waals surface area contributed by atoms with Crippen molar-refractivity contribution in [3.63, 3.8) is 0 Å². The van der Waals surface area contributed by atoms with E-state index < -0.39 is 5.82 Å². The molecule has 0 N–H and O–H groups in total. The van der Waals surface area contributed by atoms with Crippen molar-refractivity contribution >= 4 is 15.9 Å². The third-order valence-corrected chi connectivity index (χ3v) is 3.32. The molecule has 0 aliphatic heterocycles. The minimum atomic E-state index is -0.611. The predicted octanol–water partition coefficient (Wildman–Crippen LogP) is 3.92. The first-order chi connectivity index (χ1) is 9.65. The van der Waals surface area contributed by atoms with Gasteiger partial charge in [0, 0.05) is 18.1 Å². The standard InChI is InChI=1S/C14H9BrFN3O/c15-12-6-13(19-14(18-12)8-1-2-8)20-10-4-3-9(7-17)11(16)5-10/h3-6,8H,1-2H2. The molecule has 1 aromatic carbocycles. The monoisotopic (exact) mass is 333 g/mol. The average molecular weight is 334 g/mol. The summed E-state index contributed by atoms with van der Waals surface area (Å²) in [6.07, 6.45) is 2.17. The van der Waals surface area contributed by atoms with Crippen LogP contribution in [0, 0.1) is 17.1 Å². The molecule has 1 aromatic heterocycles. The molecule has 0 atom stereocenters. The van der Waals surface area contributed by atoms with Gasteiger partial charge in [0.25, 0.3) is 0 Å². The van der Waals surface area contributed by atoms with Crippen molar-refractivity contribution in [2.75, 3.05) is 0 Å². The zero-order valence-electron chi connectivity index (χ0n) is 10.3. The molecule has 3 rings (SSSR count). The van der Waals surface area contributed by atoms with E-state index in [1.54, 1.807) is 12.1 Å². The highest BCUT2D eigenvalue weighted by Gasteiger charge is 2.27. The number of aromatic nitrogens is 2. The van der Waals surface area contributed by atoms with E-state index >= 15 is 0 Å². The Labute approximate surface area is 123 Å². The summed E-state index contributed by atoms with van der Waals surface area (Å²) in [5.41, 5.74) is -0.0140. The van der Waals surface area contributed by atoms with Crippen molar-refractivity contribution in [2.45, 2.75) is 18.8 Å². The van der Waals surface area contributed by atoms with Crippen LogP contribution in [0.15, 0.2) is 28.9 Å². The summed E-state index contributed by atoms with van der Waals surface area (Å²) in [6.45, 7) is 0. The molecular formula is C14H9BrFN3O. The van der Waals surface area contributed by atoms with Crippen LogP contribution in [0.2, 0.25) is 0 Å². The van der Waals surface area contributed by atoms with Crippen LogP contribution < -0.4 is 4.74 Å². The van der Waals surface area contributed by atoms with Crippen LogP contribution in [0.5, 0.6) is 11.6 Å². The summed E-state index contributed by atoms with van der Waals surface area (Å²) in [5.74, 6) is 1.18. The minimum Gasteiger partial charge on any atom is -0.439 e. The van der Waals surface area contributed by atoms with Crippen molar-refractivity contribution in [1.82, 2.24) is 9.97 Å². The van der Waals surface area contributed by atoms with Gasteiger partial charge < -0.3 is 4.74 Å². The summed E-state index contributed by atoms with van der Waals surface area (Å²) >= 11 is 3.31. The fourth-order valence-electron chi connectivity index (χ4n) is 1.76. The molecule has 100 valence electrons. The summed E-state index contributed by atoms with van der Waals surface area (Å²) in [7, 11) is 0. The van der Waals surface area contributed by atoms with E-state index in [9.17, 15) is 4.39 Å². The smallest absolute Gasteiger partial charge is 0.223 e. The fraction of sp³-hybridized carbons (Fsp3) is 0.214. The Bertz CT molecular complexity index is 710. The van der Waals surface area contributed by atoms with Crippen LogP contribution in [0.4, 0.5) is 4.39 Å². The molecule has 0 bridgehead atoms. The third-order valence-electron chi connectivity index (χ3n) is 2.91. The van der Waals surface area contributed by atoms with E-state index in [0.29, 0.717) is 22.2 Å². The summed E-state index contributed by atoms with van der Waals surface area (Å²) < 4.78 is 19.7. The molecule has 0 amide bonds. The van der Waals surface area contributed by atoms with Crippen molar-refractivity contribution in [3.8, 4) is 17.7 Å². The first kappa shape index (κ1) is 13.0. The highest BCUT2D eigenvalue weighted by Crippen LogP contribution is 2.39. The Morgan fingerprint density at radius 3 is 2.75 bits per heavy atom. The normalized spacial score (nSPS) is 13.8. The van der Waals surface area contributed by atoms with Gasteiger partial charge in [-0.25, -0.2) is 9.37 Å². The fourth-order valence-corrected chi connectivity index (χ4v) is 2.14. The molecule has 1 saturated carbocycles. The molecule has 6 heteroatoms. The maximum Gasteiger partial charge on any atom is 0.223 e. The number of nitrogens with zero attached hydrogens (tertiary/aromatic N) is 3. The molecule has 0 unspecified atom stereocenters. The second-order valence-electron chi connectivity index (χ2n) is 4.52. The molecule has 2 aromatic rings. The van der Waals surface area contributed by atoms with Crippen LogP contribution >= 0.6 is 15.9 Å². The van der Waals surface area contributed by atoms with Crippen molar-refractivity contribution in [2.24, 2.45) is 0 Å². The molecule has 4 nitrogen and oxygen atoms in total. The van der Waals surface area contributed by atoms with Crippen LogP contribution in [0.3, 0.4) is 0 Å². The van der Waals surface area contributed by atoms with Gasteiger partial charge in [0.05, 0.1) is 5.56 Å². The molecule has 1 fully saturated rings. The molecule has 20 heavy (non-hydrogen) atoms. The number of ether oxygens (including phenoxy) is 1. The van der Waals surface area contributed by atoms with Gasteiger partial charge >= 0.3 is 0 Å². The number of rotatable bonds is 3. The van der Waals surface area contributed by atoms with E-state index in [1.165, 1.54) is 18.2 Å². The lowest BCUT2D eigenvalue weighted by Gasteiger charge is -2.07. The number of benzene rings is 1. The number of hydrogen-bond donors (Lipinski definition) is 0. The minimum absolute atomic E-state index is 0.0140. The Morgan fingerprint density at radius 1 is 1.30 bits per heavy atom. The molecule has 1 aliphatic rings. The zero-order valence-corrected chi connectivity index (χ0v) is 11.9. The van der Waals surface area contributed by atoms with Gasteiger partial charge in [-0.05, 0) is 40.9 Å². The maximum atomic E-state index is 13.5. The first-order valence-electron chi connectivity index (χ1n) is 6.07. The van der Waals surface area contributed by atoms with Crippen LogP contribution in [0.1, 0.15) is 30.1 Å². The highest BCUT2D eigenvalue weighted by atomic mass is 79.9. The van der Waals surface area contributed by atoms with Crippen molar-refractivity contribution in [3.05, 3.63) is 46.1 Å². The Morgan fingerprint density at radius 2 is 2.10 bits per heavy atom.